The van der Waals surface area contributed by atoms with Crippen LogP contribution >= 0.6 is 0 Å². The summed E-state index contributed by atoms with van der Waals surface area (Å²) >= 11 is 0. The largest absolute Gasteiger partial charge is 0.350 e. The summed E-state index contributed by atoms with van der Waals surface area (Å²) in [7, 11) is 1.85. The van der Waals surface area contributed by atoms with Crippen LogP contribution in [0.3, 0.4) is 0 Å². The Morgan fingerprint density at radius 3 is 2.59 bits per heavy atom. The van der Waals surface area contributed by atoms with Crippen LogP contribution in [0.4, 0.5) is 0 Å². The second-order valence-electron chi connectivity index (χ2n) is 7.35. The van der Waals surface area contributed by atoms with Crippen molar-refractivity contribution in [1.29, 1.82) is 0 Å². The smallest absolute Gasteiger partial charge is 0.271 e. The minimum absolute atomic E-state index is 0.0320. The average Bonchev–Trinajstić information content (AvgIpc) is 3.12. The first-order valence-electron chi connectivity index (χ1n) is 9.47. The molecule has 27 heavy (non-hydrogen) atoms. The fourth-order valence-corrected chi connectivity index (χ4v) is 3.80. The number of amides is 2. The molecule has 2 aromatic heterocycles. The number of carbonyl (C=O) groups excluding carboxylic acids is 2. The summed E-state index contributed by atoms with van der Waals surface area (Å²) in [4.78, 5) is 32.3. The molecule has 2 heterocycles. The normalized spacial score (nSPS) is 20.7. The van der Waals surface area contributed by atoms with Gasteiger partial charge in [0.15, 0.2) is 0 Å². The fraction of sp³-hybridized carbons (Fsp3) is 0.500. The maximum atomic E-state index is 12.1. The zero-order valence-electron chi connectivity index (χ0n) is 15.9. The third-order valence-electron chi connectivity index (χ3n) is 5.22. The number of hydrogen-bond donors (Lipinski definition) is 2. The van der Waals surface area contributed by atoms with Crippen LogP contribution in [-0.2, 0) is 11.8 Å². The van der Waals surface area contributed by atoms with E-state index in [0.29, 0.717) is 24.1 Å². The van der Waals surface area contributed by atoms with Gasteiger partial charge in [0.2, 0.25) is 5.91 Å². The molecule has 1 aliphatic rings. The number of aromatic nitrogens is 3. The number of aryl methyl sites for hydroxylation is 1. The molecule has 1 aliphatic carbocycles. The van der Waals surface area contributed by atoms with E-state index in [-0.39, 0.29) is 17.9 Å². The van der Waals surface area contributed by atoms with Crippen molar-refractivity contribution in [2.24, 2.45) is 18.9 Å². The predicted octanol–water partition coefficient (Wildman–Crippen LogP) is 2.23. The Morgan fingerprint density at radius 2 is 2.00 bits per heavy atom. The number of imidazole rings is 1. The van der Waals surface area contributed by atoms with Crippen molar-refractivity contribution in [1.82, 2.24) is 25.2 Å². The van der Waals surface area contributed by atoms with Gasteiger partial charge in [-0.15, -0.1) is 0 Å². The van der Waals surface area contributed by atoms with Crippen LogP contribution < -0.4 is 10.6 Å². The Morgan fingerprint density at radius 1 is 1.22 bits per heavy atom. The highest BCUT2D eigenvalue weighted by atomic mass is 16.2. The molecule has 7 heteroatoms. The van der Waals surface area contributed by atoms with Gasteiger partial charge >= 0.3 is 0 Å². The van der Waals surface area contributed by atoms with Crippen LogP contribution in [0, 0.1) is 11.8 Å². The molecule has 1 atom stereocenters. The lowest BCUT2D eigenvalue weighted by atomic mass is 9.77. The lowest BCUT2D eigenvalue weighted by Crippen LogP contribution is -2.36. The zero-order chi connectivity index (χ0) is 19.2. The van der Waals surface area contributed by atoms with Crippen molar-refractivity contribution in [3.63, 3.8) is 0 Å². The molecule has 0 saturated heterocycles. The van der Waals surface area contributed by atoms with Gasteiger partial charge in [0.05, 0.1) is 18.1 Å². The van der Waals surface area contributed by atoms with E-state index in [2.05, 4.69) is 20.6 Å². The van der Waals surface area contributed by atoms with Gasteiger partial charge in [-0.1, -0.05) is 6.07 Å². The Labute approximate surface area is 159 Å². The van der Waals surface area contributed by atoms with Crippen molar-refractivity contribution in [2.45, 2.75) is 38.6 Å². The van der Waals surface area contributed by atoms with E-state index in [4.69, 9.17) is 0 Å². The molecule has 0 aliphatic heterocycles. The summed E-state index contributed by atoms with van der Waals surface area (Å²) in [5.41, 5.74) is 1.37. The van der Waals surface area contributed by atoms with Crippen molar-refractivity contribution in [3.05, 3.63) is 48.3 Å². The average molecular weight is 369 g/mol. The van der Waals surface area contributed by atoms with Crippen molar-refractivity contribution in [2.75, 3.05) is 6.54 Å². The second-order valence-corrected chi connectivity index (χ2v) is 7.35. The SMILES string of the molecule is CC(=O)N[C@H](c1ccccn1)C1CCC(CNC(=O)c2cn(C)cn2)CC1. The molecule has 7 nitrogen and oxygen atoms in total. The first kappa shape index (κ1) is 19.1. The van der Waals surface area contributed by atoms with Gasteiger partial charge in [-0.2, -0.15) is 0 Å². The number of pyridine rings is 1. The van der Waals surface area contributed by atoms with Crippen LogP contribution in [0.2, 0.25) is 0 Å². The molecule has 144 valence electrons. The van der Waals surface area contributed by atoms with E-state index in [1.54, 1.807) is 30.2 Å². The highest BCUT2D eigenvalue weighted by molar-refractivity contribution is 5.91. The van der Waals surface area contributed by atoms with Gasteiger partial charge in [-0.3, -0.25) is 14.6 Å². The standard InChI is InChI=1S/C20H27N5O2/c1-14(26)24-19(17-5-3-4-10-21-17)16-8-6-15(7-9-16)11-22-20(27)18-12-25(2)13-23-18/h3-5,10,12-13,15-16,19H,6-9,11H2,1-2H3,(H,22,27)(H,24,26)/t15?,16?,19-/m0/s1. The Hall–Kier alpha value is -2.70. The van der Waals surface area contributed by atoms with Gasteiger partial charge in [-0.05, 0) is 49.7 Å². The van der Waals surface area contributed by atoms with E-state index < -0.39 is 0 Å². The molecule has 0 unspecified atom stereocenters. The summed E-state index contributed by atoms with van der Waals surface area (Å²) in [5.74, 6) is 0.667. The molecular formula is C20H27N5O2. The Bertz CT molecular complexity index is 766. The third-order valence-corrected chi connectivity index (χ3v) is 5.22. The Kier molecular flexibility index (Phi) is 6.21. The minimum atomic E-state index is -0.123. The highest BCUT2D eigenvalue weighted by Gasteiger charge is 2.30. The summed E-state index contributed by atoms with van der Waals surface area (Å²) in [6.07, 6.45) is 9.17. The fourth-order valence-electron chi connectivity index (χ4n) is 3.80. The van der Waals surface area contributed by atoms with Gasteiger partial charge < -0.3 is 15.2 Å². The lowest BCUT2D eigenvalue weighted by Gasteiger charge is -2.34. The first-order chi connectivity index (χ1) is 13.0. The van der Waals surface area contributed by atoms with Crippen molar-refractivity contribution < 1.29 is 9.59 Å². The van der Waals surface area contributed by atoms with E-state index >= 15 is 0 Å². The molecule has 2 aromatic rings. The maximum Gasteiger partial charge on any atom is 0.271 e. The van der Waals surface area contributed by atoms with Crippen molar-refractivity contribution >= 4 is 11.8 Å². The molecule has 0 radical (unpaired) electrons. The highest BCUT2D eigenvalue weighted by Crippen LogP contribution is 2.36. The number of nitrogens with zero attached hydrogens (tertiary/aromatic N) is 3. The van der Waals surface area contributed by atoms with E-state index in [9.17, 15) is 9.59 Å². The van der Waals surface area contributed by atoms with E-state index in [1.165, 1.54) is 0 Å². The summed E-state index contributed by atoms with van der Waals surface area (Å²) in [6, 6.07) is 5.76. The number of carbonyl (C=O) groups is 2. The van der Waals surface area contributed by atoms with Gasteiger partial charge in [0.25, 0.3) is 5.91 Å². The van der Waals surface area contributed by atoms with Gasteiger partial charge in [0.1, 0.15) is 5.69 Å². The Balaban J connectivity index is 1.52. The van der Waals surface area contributed by atoms with Crippen LogP contribution in [0.25, 0.3) is 0 Å². The predicted molar refractivity (Wildman–Crippen MR) is 102 cm³/mol. The van der Waals surface area contributed by atoms with Gasteiger partial charge in [0, 0.05) is 32.9 Å². The quantitative estimate of drug-likeness (QED) is 0.817. The monoisotopic (exact) mass is 369 g/mol. The summed E-state index contributed by atoms with van der Waals surface area (Å²) < 4.78 is 1.76. The second kappa shape index (κ2) is 8.79. The van der Waals surface area contributed by atoms with E-state index in [0.717, 1.165) is 31.4 Å². The third kappa shape index (κ3) is 5.15. The molecule has 3 rings (SSSR count). The molecule has 0 bridgehead atoms. The zero-order valence-corrected chi connectivity index (χ0v) is 15.9. The number of rotatable bonds is 6. The molecule has 0 spiro atoms. The summed E-state index contributed by atoms with van der Waals surface area (Å²) in [5, 5.41) is 6.07. The molecule has 1 saturated carbocycles. The van der Waals surface area contributed by atoms with Crippen LogP contribution in [0.15, 0.2) is 36.9 Å². The first-order valence-corrected chi connectivity index (χ1v) is 9.47. The molecule has 2 amide bonds. The topological polar surface area (TPSA) is 88.9 Å². The molecular weight excluding hydrogens is 342 g/mol. The van der Waals surface area contributed by atoms with E-state index in [1.807, 2.05) is 25.2 Å². The molecule has 1 fully saturated rings. The molecule has 2 N–H and O–H groups in total. The van der Waals surface area contributed by atoms with Gasteiger partial charge in [-0.25, -0.2) is 4.98 Å². The maximum absolute atomic E-state index is 12.1. The minimum Gasteiger partial charge on any atom is -0.350 e. The number of nitrogens with one attached hydrogen (secondary N) is 2. The molecule has 0 aromatic carbocycles. The van der Waals surface area contributed by atoms with Crippen LogP contribution in [0.1, 0.15) is 54.8 Å². The van der Waals surface area contributed by atoms with Crippen LogP contribution in [0.5, 0.6) is 0 Å². The summed E-state index contributed by atoms with van der Waals surface area (Å²) in [6.45, 7) is 2.21. The van der Waals surface area contributed by atoms with Crippen molar-refractivity contribution in [3.8, 4) is 0 Å². The number of hydrogen-bond acceptors (Lipinski definition) is 4. The lowest BCUT2D eigenvalue weighted by molar-refractivity contribution is -0.120. The van der Waals surface area contributed by atoms with Crippen LogP contribution in [-0.4, -0.2) is 32.9 Å².